The lowest BCUT2D eigenvalue weighted by molar-refractivity contribution is 0.0740. The van der Waals surface area contributed by atoms with Gasteiger partial charge in [-0.2, -0.15) is 5.10 Å². The van der Waals surface area contributed by atoms with Crippen LogP contribution in [-0.2, 0) is 0 Å². The van der Waals surface area contributed by atoms with E-state index in [4.69, 9.17) is 9.15 Å². The molecule has 0 saturated carbocycles. The van der Waals surface area contributed by atoms with E-state index in [0.717, 1.165) is 5.69 Å². The van der Waals surface area contributed by atoms with Crippen LogP contribution < -0.4 is 10.2 Å². The summed E-state index contributed by atoms with van der Waals surface area (Å²) in [7, 11) is 0. The molecule has 0 radical (unpaired) electrons. The van der Waals surface area contributed by atoms with Gasteiger partial charge in [0.05, 0.1) is 17.6 Å². The largest absolute Gasteiger partial charge is 0.471 e. The molecule has 7 nitrogen and oxygen atoms in total. The highest BCUT2D eigenvalue weighted by molar-refractivity contribution is 5.93. The van der Waals surface area contributed by atoms with E-state index in [2.05, 4.69) is 10.2 Å². The van der Waals surface area contributed by atoms with Gasteiger partial charge in [-0.25, -0.2) is 0 Å². The monoisotopic (exact) mass is 351 g/mol. The Balaban J connectivity index is 1.49. The van der Waals surface area contributed by atoms with E-state index in [1.807, 2.05) is 13.0 Å². The number of ether oxygens (including phenoxy) is 1. The highest BCUT2D eigenvalue weighted by Crippen LogP contribution is 2.19. The Hall–Kier alpha value is -3.22. The van der Waals surface area contributed by atoms with Gasteiger partial charge in [-0.05, 0) is 25.1 Å². The standard InChI is InChI=1S/C19H17N3O4/c1-12-6-7-18(21-20-12)25-13-8-9-22(11-13)19(24)17-10-15(23)14-4-2-3-5-16(14)26-17/h2-7,10,13H,8-9,11H2,1H3. The van der Waals surface area contributed by atoms with Crippen LogP contribution in [0.3, 0.4) is 0 Å². The third kappa shape index (κ3) is 3.15. The molecule has 3 heterocycles. The predicted molar refractivity (Wildman–Crippen MR) is 94.2 cm³/mol. The van der Waals surface area contributed by atoms with E-state index >= 15 is 0 Å². The maximum absolute atomic E-state index is 12.7. The summed E-state index contributed by atoms with van der Waals surface area (Å²) in [6, 6.07) is 11.7. The molecule has 7 heteroatoms. The summed E-state index contributed by atoms with van der Waals surface area (Å²) in [5.74, 6) is 0.172. The maximum Gasteiger partial charge on any atom is 0.289 e. The predicted octanol–water partition coefficient (Wildman–Crippen LogP) is 2.18. The smallest absolute Gasteiger partial charge is 0.289 e. The number of nitrogens with zero attached hydrogens (tertiary/aromatic N) is 3. The Morgan fingerprint density at radius 1 is 1.23 bits per heavy atom. The van der Waals surface area contributed by atoms with Crippen molar-refractivity contribution in [1.29, 1.82) is 0 Å². The molecule has 1 fully saturated rings. The van der Waals surface area contributed by atoms with Crippen LogP contribution in [0.2, 0.25) is 0 Å². The molecule has 0 N–H and O–H groups in total. The van der Waals surface area contributed by atoms with Gasteiger partial charge in [0.2, 0.25) is 5.88 Å². The molecule has 2 aromatic heterocycles. The van der Waals surface area contributed by atoms with Crippen LogP contribution in [0.4, 0.5) is 0 Å². The molecule has 26 heavy (non-hydrogen) atoms. The maximum atomic E-state index is 12.7. The Labute approximate surface area is 149 Å². The minimum absolute atomic E-state index is 0.0458. The topological polar surface area (TPSA) is 85.5 Å². The molecule has 1 aliphatic heterocycles. The first-order valence-electron chi connectivity index (χ1n) is 8.39. The molecule has 1 unspecified atom stereocenters. The molecule has 4 rings (SSSR count). The van der Waals surface area contributed by atoms with E-state index in [-0.39, 0.29) is 23.2 Å². The Bertz CT molecular complexity index is 1010. The molecular formula is C19H17N3O4. The number of hydrogen-bond donors (Lipinski definition) is 0. The van der Waals surface area contributed by atoms with Gasteiger partial charge in [0.15, 0.2) is 11.2 Å². The van der Waals surface area contributed by atoms with Gasteiger partial charge in [-0.3, -0.25) is 9.59 Å². The number of amides is 1. The van der Waals surface area contributed by atoms with Gasteiger partial charge in [-0.1, -0.05) is 12.1 Å². The van der Waals surface area contributed by atoms with Crippen molar-refractivity contribution in [1.82, 2.24) is 15.1 Å². The first kappa shape index (κ1) is 16.3. The second-order valence-corrected chi connectivity index (χ2v) is 6.26. The summed E-state index contributed by atoms with van der Waals surface area (Å²) in [6.45, 7) is 2.79. The number of fused-ring (bicyclic) bond motifs is 1. The minimum atomic E-state index is -0.311. The van der Waals surface area contributed by atoms with Crippen LogP contribution in [0.25, 0.3) is 11.0 Å². The lowest BCUT2D eigenvalue weighted by Crippen LogP contribution is -2.31. The van der Waals surface area contributed by atoms with Gasteiger partial charge in [-0.15, -0.1) is 5.10 Å². The number of benzene rings is 1. The number of rotatable bonds is 3. The fourth-order valence-corrected chi connectivity index (χ4v) is 2.99. The summed E-state index contributed by atoms with van der Waals surface area (Å²) in [5.41, 5.74) is 0.995. The van der Waals surface area contributed by atoms with Crippen molar-refractivity contribution in [3.8, 4) is 5.88 Å². The van der Waals surface area contributed by atoms with Crippen molar-refractivity contribution < 1.29 is 13.9 Å². The van der Waals surface area contributed by atoms with Gasteiger partial charge >= 0.3 is 0 Å². The van der Waals surface area contributed by atoms with E-state index in [0.29, 0.717) is 36.4 Å². The second kappa shape index (κ2) is 6.59. The Morgan fingerprint density at radius 3 is 2.88 bits per heavy atom. The van der Waals surface area contributed by atoms with Crippen LogP contribution in [0.5, 0.6) is 5.88 Å². The first-order valence-corrected chi connectivity index (χ1v) is 8.39. The van der Waals surface area contributed by atoms with Gasteiger partial charge < -0.3 is 14.1 Å². The zero-order chi connectivity index (χ0) is 18.1. The highest BCUT2D eigenvalue weighted by atomic mass is 16.5. The molecule has 1 atom stereocenters. The van der Waals surface area contributed by atoms with E-state index < -0.39 is 0 Å². The van der Waals surface area contributed by atoms with E-state index in [1.54, 1.807) is 35.2 Å². The molecular weight excluding hydrogens is 334 g/mol. The van der Waals surface area contributed by atoms with Crippen LogP contribution >= 0.6 is 0 Å². The molecule has 3 aromatic rings. The van der Waals surface area contributed by atoms with Crippen molar-refractivity contribution in [2.75, 3.05) is 13.1 Å². The molecule has 0 bridgehead atoms. The molecule has 1 amide bonds. The molecule has 1 aliphatic rings. The molecule has 132 valence electrons. The average molecular weight is 351 g/mol. The molecule has 1 saturated heterocycles. The zero-order valence-electron chi connectivity index (χ0n) is 14.2. The number of carbonyl (C=O) groups excluding carboxylic acids is 1. The number of para-hydroxylation sites is 1. The van der Waals surface area contributed by atoms with Crippen LogP contribution in [0, 0.1) is 6.92 Å². The Morgan fingerprint density at radius 2 is 2.08 bits per heavy atom. The fraction of sp³-hybridized carbons (Fsp3) is 0.263. The minimum Gasteiger partial charge on any atom is -0.471 e. The third-order valence-corrected chi connectivity index (χ3v) is 4.34. The van der Waals surface area contributed by atoms with Gasteiger partial charge in [0, 0.05) is 25.1 Å². The van der Waals surface area contributed by atoms with Crippen molar-refractivity contribution in [2.45, 2.75) is 19.4 Å². The Kier molecular flexibility index (Phi) is 4.12. The van der Waals surface area contributed by atoms with Crippen molar-refractivity contribution in [2.24, 2.45) is 0 Å². The van der Waals surface area contributed by atoms with Gasteiger partial charge in [0.1, 0.15) is 11.7 Å². The number of likely N-dealkylation sites (tertiary alicyclic amines) is 1. The average Bonchev–Trinajstić information content (AvgIpc) is 3.11. The summed E-state index contributed by atoms with van der Waals surface area (Å²) in [4.78, 5) is 26.5. The summed E-state index contributed by atoms with van der Waals surface area (Å²) in [5, 5.41) is 8.40. The molecule has 0 aliphatic carbocycles. The fourth-order valence-electron chi connectivity index (χ4n) is 2.99. The zero-order valence-corrected chi connectivity index (χ0v) is 14.2. The molecule has 0 spiro atoms. The van der Waals surface area contributed by atoms with Crippen molar-refractivity contribution in [3.05, 3.63) is 64.1 Å². The summed E-state index contributed by atoms with van der Waals surface area (Å²) >= 11 is 0. The third-order valence-electron chi connectivity index (χ3n) is 4.34. The SMILES string of the molecule is Cc1ccc(OC2CCN(C(=O)c3cc(=O)c4ccccc4o3)C2)nn1. The number of carbonyl (C=O) groups is 1. The van der Waals surface area contributed by atoms with Crippen LogP contribution in [0.15, 0.2) is 51.7 Å². The molecule has 1 aromatic carbocycles. The summed E-state index contributed by atoms with van der Waals surface area (Å²) < 4.78 is 11.4. The number of aromatic nitrogens is 2. The normalized spacial score (nSPS) is 16.8. The number of aryl methyl sites for hydroxylation is 1. The van der Waals surface area contributed by atoms with Crippen molar-refractivity contribution >= 4 is 16.9 Å². The number of hydrogen-bond acceptors (Lipinski definition) is 6. The lowest BCUT2D eigenvalue weighted by Gasteiger charge is -2.16. The van der Waals surface area contributed by atoms with E-state index in [1.165, 1.54) is 6.07 Å². The highest BCUT2D eigenvalue weighted by Gasteiger charge is 2.30. The van der Waals surface area contributed by atoms with E-state index in [9.17, 15) is 9.59 Å². The second-order valence-electron chi connectivity index (χ2n) is 6.26. The summed E-state index contributed by atoms with van der Waals surface area (Å²) in [6.07, 6.45) is 0.516. The van der Waals surface area contributed by atoms with Crippen LogP contribution in [0.1, 0.15) is 22.7 Å². The first-order chi connectivity index (χ1) is 12.6. The van der Waals surface area contributed by atoms with Gasteiger partial charge in [0.25, 0.3) is 5.91 Å². The van der Waals surface area contributed by atoms with Crippen LogP contribution in [-0.4, -0.2) is 40.2 Å². The van der Waals surface area contributed by atoms with Crippen molar-refractivity contribution in [3.63, 3.8) is 0 Å². The lowest BCUT2D eigenvalue weighted by atomic mass is 10.2. The quantitative estimate of drug-likeness (QED) is 0.719.